The van der Waals surface area contributed by atoms with Gasteiger partial charge in [-0.25, -0.2) is 4.79 Å². The molecule has 0 spiro atoms. The highest BCUT2D eigenvalue weighted by molar-refractivity contribution is 5.84. The number of rotatable bonds is 10. The van der Waals surface area contributed by atoms with Gasteiger partial charge in [-0.1, -0.05) is 37.3 Å². The van der Waals surface area contributed by atoms with E-state index in [1.54, 1.807) is 27.7 Å². The first kappa shape index (κ1) is 24.6. The zero-order valence-electron chi connectivity index (χ0n) is 17.4. The van der Waals surface area contributed by atoms with Gasteiger partial charge in [0.1, 0.15) is 17.7 Å². The number of aliphatic hydroxyl groups is 1. The Morgan fingerprint density at radius 3 is 2.28 bits per heavy atom. The third-order valence-electron chi connectivity index (χ3n) is 4.23. The minimum Gasteiger partial charge on any atom is -0.480 e. The number of hydrogen-bond acceptors (Lipinski definition) is 6. The zero-order chi connectivity index (χ0) is 22.2. The molecular formula is C21H32N2O6. The number of alkyl carbamates (subject to hydrolysis) is 1. The summed E-state index contributed by atoms with van der Waals surface area (Å²) in [6, 6.07) is 7.18. The van der Waals surface area contributed by atoms with Gasteiger partial charge in [0.2, 0.25) is 0 Å². The summed E-state index contributed by atoms with van der Waals surface area (Å²) in [5.41, 5.74) is 5.62. The van der Waals surface area contributed by atoms with Crippen LogP contribution < -0.4 is 11.1 Å². The molecule has 0 aromatic heterocycles. The number of ketones is 1. The third kappa shape index (κ3) is 9.54. The summed E-state index contributed by atoms with van der Waals surface area (Å²) in [7, 11) is 0. The van der Waals surface area contributed by atoms with Crippen molar-refractivity contribution in [1.29, 1.82) is 0 Å². The fourth-order valence-electron chi connectivity index (χ4n) is 2.87. The van der Waals surface area contributed by atoms with Crippen LogP contribution in [-0.2, 0) is 20.7 Å². The smallest absolute Gasteiger partial charge is 0.407 e. The molecule has 0 bridgehead atoms. The average Bonchev–Trinajstić information content (AvgIpc) is 2.59. The number of ether oxygens (including phenoxy) is 1. The molecule has 0 radical (unpaired) electrons. The van der Waals surface area contributed by atoms with Crippen LogP contribution in [0.4, 0.5) is 4.79 Å². The second kappa shape index (κ2) is 10.9. The Morgan fingerprint density at radius 2 is 1.76 bits per heavy atom. The van der Waals surface area contributed by atoms with E-state index in [9.17, 15) is 19.5 Å². The van der Waals surface area contributed by atoms with Crippen LogP contribution in [0.5, 0.6) is 0 Å². The maximum Gasteiger partial charge on any atom is 0.407 e. The summed E-state index contributed by atoms with van der Waals surface area (Å²) in [5.74, 6) is -1.97. The lowest BCUT2D eigenvalue weighted by atomic mass is 9.91. The molecule has 0 fully saturated rings. The lowest BCUT2D eigenvalue weighted by Gasteiger charge is -2.27. The monoisotopic (exact) mass is 408 g/mol. The largest absolute Gasteiger partial charge is 0.480 e. The van der Waals surface area contributed by atoms with E-state index >= 15 is 0 Å². The van der Waals surface area contributed by atoms with E-state index in [0.717, 1.165) is 5.56 Å². The summed E-state index contributed by atoms with van der Waals surface area (Å²) in [6.07, 6.45) is -1.91. The van der Waals surface area contributed by atoms with Gasteiger partial charge >= 0.3 is 12.1 Å². The van der Waals surface area contributed by atoms with Crippen molar-refractivity contribution in [2.75, 3.05) is 0 Å². The predicted molar refractivity (Wildman–Crippen MR) is 108 cm³/mol. The van der Waals surface area contributed by atoms with Crippen molar-refractivity contribution in [3.63, 3.8) is 0 Å². The Labute approximate surface area is 171 Å². The summed E-state index contributed by atoms with van der Waals surface area (Å²) in [4.78, 5) is 35.6. The minimum atomic E-state index is -1.47. The maximum atomic E-state index is 12.6. The van der Waals surface area contributed by atoms with E-state index in [1.807, 2.05) is 30.3 Å². The zero-order valence-corrected chi connectivity index (χ0v) is 17.4. The first-order chi connectivity index (χ1) is 13.4. The lowest BCUT2D eigenvalue weighted by molar-refractivity contribution is -0.139. The number of hydrogen-bond donors (Lipinski definition) is 4. The third-order valence-corrected chi connectivity index (χ3v) is 4.23. The highest BCUT2D eigenvalue weighted by Gasteiger charge is 2.30. The molecule has 1 amide bonds. The van der Waals surface area contributed by atoms with Crippen LogP contribution in [0, 0.1) is 5.92 Å². The Bertz CT molecular complexity index is 686. The molecule has 1 aromatic carbocycles. The Hall–Kier alpha value is -2.45. The number of aliphatic carboxylic acids is 1. The molecule has 29 heavy (non-hydrogen) atoms. The van der Waals surface area contributed by atoms with E-state index < -0.39 is 41.6 Å². The highest BCUT2D eigenvalue weighted by atomic mass is 16.6. The summed E-state index contributed by atoms with van der Waals surface area (Å²) in [5, 5.41) is 22.1. The van der Waals surface area contributed by atoms with Gasteiger partial charge in [0.25, 0.3) is 0 Å². The summed E-state index contributed by atoms with van der Waals surface area (Å²) >= 11 is 0. The maximum absolute atomic E-state index is 12.6. The molecule has 1 rings (SSSR count). The van der Waals surface area contributed by atoms with Crippen LogP contribution in [0.2, 0.25) is 0 Å². The topological polar surface area (TPSA) is 139 Å². The normalized spacial score (nSPS) is 15.7. The second-order valence-corrected chi connectivity index (χ2v) is 8.34. The number of Topliss-reactive ketones (excluding diaryl/α,β-unsaturated/α-hetero) is 1. The van der Waals surface area contributed by atoms with Crippen molar-refractivity contribution in [2.45, 2.75) is 70.7 Å². The molecular weight excluding hydrogens is 376 g/mol. The van der Waals surface area contributed by atoms with E-state index in [1.165, 1.54) is 0 Å². The van der Waals surface area contributed by atoms with Crippen molar-refractivity contribution >= 4 is 17.8 Å². The molecule has 5 N–H and O–H groups in total. The van der Waals surface area contributed by atoms with Gasteiger partial charge in [-0.15, -0.1) is 0 Å². The Balaban J connectivity index is 2.85. The van der Waals surface area contributed by atoms with Gasteiger partial charge in [0.05, 0.1) is 6.04 Å². The number of carboxylic acid groups (broad SMARTS) is 1. The van der Waals surface area contributed by atoms with E-state index in [4.69, 9.17) is 15.6 Å². The fourth-order valence-corrected chi connectivity index (χ4v) is 2.87. The molecule has 8 heteroatoms. The molecule has 0 aliphatic carbocycles. The Kier molecular flexibility index (Phi) is 9.26. The molecule has 0 saturated heterocycles. The number of amides is 1. The van der Waals surface area contributed by atoms with E-state index in [0.29, 0.717) is 0 Å². The molecule has 0 heterocycles. The standard InChI is InChI=1S/C21H32N2O6/c1-13(10-15(22)19(26)27)11-17(24)18(25)16(12-14-8-6-5-7-9-14)23-20(28)29-21(2,3)4/h5-9,13,15-16,18,25H,10-12,22H2,1-4H3,(H,23,28)(H,26,27)/t13?,15-,16?,18+/m0/s1. The minimum absolute atomic E-state index is 0.0521. The van der Waals surface area contributed by atoms with Gasteiger partial charge in [-0.3, -0.25) is 9.59 Å². The Morgan fingerprint density at radius 1 is 1.17 bits per heavy atom. The molecule has 162 valence electrons. The molecule has 0 saturated carbocycles. The second-order valence-electron chi connectivity index (χ2n) is 8.34. The first-order valence-corrected chi connectivity index (χ1v) is 9.61. The van der Waals surface area contributed by atoms with Crippen LogP contribution in [0.15, 0.2) is 30.3 Å². The average molecular weight is 408 g/mol. The number of nitrogens with two attached hydrogens (primary N) is 1. The lowest BCUT2D eigenvalue weighted by Crippen LogP contribution is -2.50. The van der Waals surface area contributed by atoms with E-state index in [2.05, 4.69) is 5.32 Å². The number of carboxylic acids is 1. The van der Waals surface area contributed by atoms with Crippen LogP contribution in [0.1, 0.15) is 46.1 Å². The first-order valence-electron chi connectivity index (χ1n) is 9.61. The van der Waals surface area contributed by atoms with Crippen LogP contribution >= 0.6 is 0 Å². The van der Waals surface area contributed by atoms with Gasteiger partial charge < -0.3 is 26.0 Å². The predicted octanol–water partition coefficient (Wildman–Crippen LogP) is 1.88. The molecule has 4 atom stereocenters. The summed E-state index contributed by atoms with van der Waals surface area (Å²) < 4.78 is 5.24. The number of benzene rings is 1. The number of carbonyl (C=O) groups excluding carboxylic acids is 2. The molecule has 0 aliphatic rings. The molecule has 1 aromatic rings. The van der Waals surface area contributed by atoms with Crippen molar-refractivity contribution in [3.05, 3.63) is 35.9 Å². The van der Waals surface area contributed by atoms with Gasteiger partial charge in [-0.05, 0) is 45.1 Å². The molecule has 2 unspecified atom stereocenters. The fraction of sp³-hybridized carbons (Fsp3) is 0.571. The number of nitrogens with one attached hydrogen (secondary N) is 1. The van der Waals surface area contributed by atoms with Crippen molar-refractivity contribution in [1.82, 2.24) is 5.32 Å². The number of carbonyl (C=O) groups is 3. The molecule has 0 aliphatic heterocycles. The molecule has 8 nitrogen and oxygen atoms in total. The van der Waals surface area contributed by atoms with Crippen molar-refractivity contribution in [2.24, 2.45) is 11.7 Å². The number of aliphatic hydroxyl groups excluding tert-OH is 1. The van der Waals surface area contributed by atoms with Crippen molar-refractivity contribution < 1.29 is 29.3 Å². The quantitative estimate of drug-likeness (QED) is 0.463. The highest BCUT2D eigenvalue weighted by Crippen LogP contribution is 2.16. The van der Waals surface area contributed by atoms with Crippen LogP contribution in [0.3, 0.4) is 0 Å². The van der Waals surface area contributed by atoms with E-state index in [-0.39, 0.29) is 25.2 Å². The summed E-state index contributed by atoms with van der Waals surface area (Å²) in [6.45, 7) is 6.84. The van der Waals surface area contributed by atoms with Gasteiger partial charge in [-0.2, -0.15) is 0 Å². The van der Waals surface area contributed by atoms with Crippen LogP contribution in [-0.4, -0.2) is 51.8 Å². The van der Waals surface area contributed by atoms with Crippen LogP contribution in [0.25, 0.3) is 0 Å². The van der Waals surface area contributed by atoms with Gasteiger partial charge in [0.15, 0.2) is 5.78 Å². The van der Waals surface area contributed by atoms with Crippen molar-refractivity contribution in [3.8, 4) is 0 Å². The van der Waals surface area contributed by atoms with Gasteiger partial charge in [0, 0.05) is 6.42 Å². The SMILES string of the molecule is CC(CC(=O)[C@H](O)C(Cc1ccccc1)NC(=O)OC(C)(C)C)C[C@H](N)C(=O)O.